The lowest BCUT2D eigenvalue weighted by atomic mass is 9.73. The van der Waals surface area contributed by atoms with Gasteiger partial charge in [0.15, 0.2) is 0 Å². The van der Waals surface area contributed by atoms with Gasteiger partial charge in [-0.05, 0) is 55.8 Å². The van der Waals surface area contributed by atoms with E-state index >= 15 is 0 Å². The Morgan fingerprint density at radius 1 is 1.24 bits per heavy atom. The standard InChI is InChI=1S/C15H18ClN/c1-10-2-3-11-8-14(10)15(17-9-11)12-4-6-13(16)7-5-12/h2,4-7,11,14-15,17H,3,8-9H2,1H3. The quantitative estimate of drug-likeness (QED) is 0.741. The van der Waals surface area contributed by atoms with Crippen LogP contribution < -0.4 is 5.32 Å². The van der Waals surface area contributed by atoms with Crippen LogP contribution in [0.1, 0.15) is 31.4 Å². The zero-order valence-corrected chi connectivity index (χ0v) is 10.9. The number of allylic oxidation sites excluding steroid dienone is 1. The lowest BCUT2D eigenvalue weighted by Gasteiger charge is -2.41. The normalized spacial score (nSPS) is 32.1. The molecule has 1 N–H and O–H groups in total. The number of nitrogens with one attached hydrogen (secondary N) is 1. The first-order valence-electron chi connectivity index (χ1n) is 6.39. The maximum Gasteiger partial charge on any atom is 0.0406 e. The van der Waals surface area contributed by atoms with E-state index in [2.05, 4.69) is 30.4 Å². The lowest BCUT2D eigenvalue weighted by Crippen LogP contribution is -2.41. The van der Waals surface area contributed by atoms with Gasteiger partial charge in [-0.2, -0.15) is 0 Å². The van der Waals surface area contributed by atoms with Crippen molar-refractivity contribution in [3.8, 4) is 0 Å². The molecule has 90 valence electrons. The van der Waals surface area contributed by atoms with Gasteiger partial charge < -0.3 is 5.32 Å². The maximum atomic E-state index is 5.95. The average Bonchev–Trinajstić information content (AvgIpc) is 2.36. The molecule has 17 heavy (non-hydrogen) atoms. The van der Waals surface area contributed by atoms with E-state index in [1.807, 2.05) is 12.1 Å². The molecule has 1 saturated heterocycles. The maximum absolute atomic E-state index is 5.95. The fourth-order valence-corrected chi connectivity index (χ4v) is 3.29. The molecule has 0 spiro atoms. The van der Waals surface area contributed by atoms with Gasteiger partial charge in [-0.3, -0.25) is 0 Å². The predicted octanol–water partition coefficient (Wildman–Crippen LogP) is 3.96. The Balaban J connectivity index is 1.90. The second-order valence-corrected chi connectivity index (χ2v) is 5.77. The average molecular weight is 248 g/mol. The highest BCUT2D eigenvalue weighted by molar-refractivity contribution is 6.30. The van der Waals surface area contributed by atoms with Crippen molar-refractivity contribution >= 4 is 11.6 Å². The van der Waals surface area contributed by atoms with Gasteiger partial charge in [0, 0.05) is 11.1 Å². The summed E-state index contributed by atoms with van der Waals surface area (Å²) in [5.41, 5.74) is 2.92. The Morgan fingerprint density at radius 3 is 2.76 bits per heavy atom. The van der Waals surface area contributed by atoms with E-state index < -0.39 is 0 Å². The monoisotopic (exact) mass is 247 g/mol. The van der Waals surface area contributed by atoms with E-state index in [9.17, 15) is 0 Å². The summed E-state index contributed by atoms with van der Waals surface area (Å²) in [5, 5.41) is 4.52. The van der Waals surface area contributed by atoms with Gasteiger partial charge in [-0.25, -0.2) is 0 Å². The van der Waals surface area contributed by atoms with Gasteiger partial charge in [-0.1, -0.05) is 35.4 Å². The molecule has 1 nitrogen and oxygen atoms in total. The third-order valence-electron chi connectivity index (χ3n) is 4.20. The molecule has 0 aromatic heterocycles. The first-order valence-corrected chi connectivity index (χ1v) is 6.77. The van der Waals surface area contributed by atoms with E-state index in [4.69, 9.17) is 11.6 Å². The number of fused-ring (bicyclic) bond motifs is 2. The summed E-state index contributed by atoms with van der Waals surface area (Å²) in [6, 6.07) is 8.77. The van der Waals surface area contributed by atoms with Crippen LogP contribution in [-0.2, 0) is 0 Å². The number of rotatable bonds is 1. The van der Waals surface area contributed by atoms with Crippen molar-refractivity contribution < 1.29 is 0 Å². The van der Waals surface area contributed by atoms with Crippen LogP contribution in [0.25, 0.3) is 0 Å². The predicted molar refractivity (Wildman–Crippen MR) is 72.2 cm³/mol. The molecule has 3 rings (SSSR count). The summed E-state index contributed by atoms with van der Waals surface area (Å²) in [6.07, 6.45) is 5.02. The number of benzene rings is 1. The SMILES string of the molecule is CC1=CCC2CNC(c3ccc(Cl)cc3)C1C2. The molecule has 0 saturated carbocycles. The van der Waals surface area contributed by atoms with E-state index in [1.165, 1.54) is 18.4 Å². The molecule has 2 heteroatoms. The number of hydrogen-bond acceptors (Lipinski definition) is 1. The van der Waals surface area contributed by atoms with Crippen molar-refractivity contribution in [1.82, 2.24) is 5.32 Å². The van der Waals surface area contributed by atoms with Crippen LogP contribution in [0.2, 0.25) is 5.02 Å². The van der Waals surface area contributed by atoms with E-state index in [0.29, 0.717) is 12.0 Å². The largest absolute Gasteiger partial charge is 0.309 e. The van der Waals surface area contributed by atoms with Crippen LogP contribution in [0.3, 0.4) is 0 Å². The summed E-state index contributed by atoms with van der Waals surface area (Å²) < 4.78 is 0. The van der Waals surface area contributed by atoms with E-state index in [-0.39, 0.29) is 0 Å². The second kappa shape index (κ2) is 4.47. The molecule has 1 aliphatic carbocycles. The van der Waals surface area contributed by atoms with Crippen LogP contribution in [-0.4, -0.2) is 6.54 Å². The molecule has 1 aliphatic heterocycles. The molecule has 1 fully saturated rings. The van der Waals surface area contributed by atoms with Gasteiger partial charge in [0.25, 0.3) is 0 Å². The van der Waals surface area contributed by atoms with E-state index in [1.54, 1.807) is 5.57 Å². The topological polar surface area (TPSA) is 12.0 Å². The van der Waals surface area contributed by atoms with E-state index in [0.717, 1.165) is 17.5 Å². The highest BCUT2D eigenvalue weighted by Crippen LogP contribution is 2.41. The lowest BCUT2D eigenvalue weighted by molar-refractivity contribution is 0.233. The fraction of sp³-hybridized carbons (Fsp3) is 0.467. The molecular formula is C15H18ClN. The third kappa shape index (κ3) is 2.14. The van der Waals surface area contributed by atoms with Crippen LogP contribution in [0.4, 0.5) is 0 Å². The van der Waals surface area contributed by atoms with Crippen molar-refractivity contribution in [2.24, 2.45) is 11.8 Å². The second-order valence-electron chi connectivity index (χ2n) is 5.33. The Bertz CT molecular complexity index is 435. The van der Waals surface area contributed by atoms with Crippen LogP contribution in [0, 0.1) is 11.8 Å². The van der Waals surface area contributed by atoms with Gasteiger partial charge in [0.05, 0.1) is 0 Å². The molecular weight excluding hydrogens is 230 g/mol. The van der Waals surface area contributed by atoms with Crippen molar-refractivity contribution in [2.45, 2.75) is 25.8 Å². The first kappa shape index (κ1) is 11.3. The van der Waals surface area contributed by atoms with Gasteiger partial charge in [0.2, 0.25) is 0 Å². The van der Waals surface area contributed by atoms with Crippen LogP contribution in [0.5, 0.6) is 0 Å². The zero-order chi connectivity index (χ0) is 11.8. The molecule has 1 heterocycles. The van der Waals surface area contributed by atoms with Gasteiger partial charge in [0.1, 0.15) is 0 Å². The van der Waals surface area contributed by atoms with Crippen molar-refractivity contribution in [3.05, 3.63) is 46.5 Å². The summed E-state index contributed by atoms with van der Waals surface area (Å²) >= 11 is 5.95. The highest BCUT2D eigenvalue weighted by Gasteiger charge is 2.34. The number of hydrogen-bond donors (Lipinski definition) is 1. The van der Waals surface area contributed by atoms with Crippen molar-refractivity contribution in [3.63, 3.8) is 0 Å². The molecule has 0 radical (unpaired) electrons. The number of halogens is 1. The summed E-state index contributed by atoms with van der Waals surface area (Å²) in [5.74, 6) is 1.51. The smallest absolute Gasteiger partial charge is 0.0406 e. The molecule has 3 unspecified atom stereocenters. The summed E-state index contributed by atoms with van der Waals surface area (Å²) in [4.78, 5) is 0. The Morgan fingerprint density at radius 2 is 2.00 bits per heavy atom. The van der Waals surface area contributed by atoms with Gasteiger partial charge in [-0.15, -0.1) is 0 Å². The summed E-state index contributed by atoms with van der Waals surface area (Å²) in [6.45, 7) is 3.42. The molecule has 2 aliphatic rings. The molecule has 1 aromatic carbocycles. The highest BCUT2D eigenvalue weighted by atomic mass is 35.5. The zero-order valence-electron chi connectivity index (χ0n) is 10.1. The summed E-state index contributed by atoms with van der Waals surface area (Å²) in [7, 11) is 0. The molecule has 0 amide bonds. The van der Waals surface area contributed by atoms with Crippen molar-refractivity contribution in [1.29, 1.82) is 0 Å². The minimum atomic E-state index is 0.472. The third-order valence-corrected chi connectivity index (χ3v) is 4.46. The fourth-order valence-electron chi connectivity index (χ4n) is 3.17. The minimum Gasteiger partial charge on any atom is -0.309 e. The van der Waals surface area contributed by atoms with Crippen LogP contribution in [0.15, 0.2) is 35.9 Å². The molecule has 1 aromatic rings. The Kier molecular flexibility index (Phi) is 2.97. The molecule has 2 bridgehead atoms. The first-order chi connectivity index (χ1) is 8.24. The number of piperidine rings is 1. The van der Waals surface area contributed by atoms with Crippen LogP contribution >= 0.6 is 11.6 Å². The minimum absolute atomic E-state index is 0.472. The Hall–Kier alpha value is -0.790. The van der Waals surface area contributed by atoms with Gasteiger partial charge >= 0.3 is 0 Å². The Labute approximate surface area is 108 Å². The molecule has 3 atom stereocenters. The van der Waals surface area contributed by atoms with Crippen molar-refractivity contribution in [2.75, 3.05) is 6.54 Å².